The molecule has 0 saturated carbocycles. The van der Waals surface area contributed by atoms with E-state index >= 15 is 0 Å². The first-order valence-electron chi connectivity index (χ1n) is 6.29. The minimum atomic E-state index is 0.675. The van der Waals surface area contributed by atoms with Crippen molar-refractivity contribution in [2.24, 2.45) is 0 Å². The molecule has 16 heavy (non-hydrogen) atoms. The third-order valence-corrected chi connectivity index (χ3v) is 4.06. The van der Waals surface area contributed by atoms with Gasteiger partial charge in [0.15, 0.2) is 0 Å². The van der Waals surface area contributed by atoms with Crippen molar-refractivity contribution < 1.29 is 4.74 Å². The van der Waals surface area contributed by atoms with E-state index in [1.807, 2.05) is 0 Å². The molecule has 1 fully saturated rings. The number of nitrogens with one attached hydrogen (secondary N) is 1. The van der Waals surface area contributed by atoms with Crippen molar-refractivity contribution in [3.05, 3.63) is 29.3 Å². The predicted molar refractivity (Wildman–Crippen MR) is 65.1 cm³/mol. The first kappa shape index (κ1) is 10.2. The summed E-state index contributed by atoms with van der Waals surface area (Å²) >= 11 is 0. The van der Waals surface area contributed by atoms with Gasteiger partial charge >= 0.3 is 0 Å². The summed E-state index contributed by atoms with van der Waals surface area (Å²) < 4.78 is 5.53. The number of hydrogen-bond acceptors (Lipinski definition) is 2. The van der Waals surface area contributed by atoms with Crippen LogP contribution in [-0.4, -0.2) is 19.7 Å². The van der Waals surface area contributed by atoms with E-state index < -0.39 is 0 Å². The highest BCUT2D eigenvalue weighted by Gasteiger charge is 2.33. The van der Waals surface area contributed by atoms with Crippen molar-refractivity contribution in [3.63, 3.8) is 0 Å². The molecular formula is C14H19NO. The number of methoxy groups -OCH3 is 1. The number of ether oxygens (including phenoxy) is 1. The molecular weight excluding hydrogens is 198 g/mol. The topological polar surface area (TPSA) is 21.3 Å². The number of fused-ring (bicyclic) bond motifs is 3. The summed E-state index contributed by atoms with van der Waals surface area (Å²) in [4.78, 5) is 0. The van der Waals surface area contributed by atoms with Crippen molar-refractivity contribution in [3.8, 4) is 5.75 Å². The molecule has 1 aromatic rings. The molecule has 1 aromatic carbocycles. The monoisotopic (exact) mass is 217 g/mol. The smallest absolute Gasteiger partial charge is 0.122 e. The SMILES string of the molecule is COc1cccc2c1C1CCCN[C@@H]1CC2. The maximum absolute atomic E-state index is 5.53. The maximum Gasteiger partial charge on any atom is 0.122 e. The van der Waals surface area contributed by atoms with Gasteiger partial charge in [0.05, 0.1) is 7.11 Å². The Hall–Kier alpha value is -1.02. The number of rotatable bonds is 1. The lowest BCUT2D eigenvalue weighted by Crippen LogP contribution is -2.42. The number of benzene rings is 1. The van der Waals surface area contributed by atoms with Crippen LogP contribution in [0.1, 0.15) is 36.3 Å². The van der Waals surface area contributed by atoms with Crippen molar-refractivity contribution >= 4 is 0 Å². The molecule has 1 unspecified atom stereocenters. The van der Waals surface area contributed by atoms with E-state index in [0.29, 0.717) is 12.0 Å². The van der Waals surface area contributed by atoms with Crippen molar-refractivity contribution in [1.82, 2.24) is 5.32 Å². The fourth-order valence-electron chi connectivity index (χ4n) is 3.32. The van der Waals surface area contributed by atoms with E-state index in [-0.39, 0.29) is 0 Å². The van der Waals surface area contributed by atoms with Crippen LogP contribution in [0.25, 0.3) is 0 Å². The zero-order valence-corrected chi connectivity index (χ0v) is 9.83. The summed E-state index contributed by atoms with van der Waals surface area (Å²) in [7, 11) is 1.79. The van der Waals surface area contributed by atoms with Crippen LogP contribution in [0, 0.1) is 0 Å². The largest absolute Gasteiger partial charge is 0.496 e. The van der Waals surface area contributed by atoms with Gasteiger partial charge in [0, 0.05) is 17.5 Å². The van der Waals surface area contributed by atoms with Crippen LogP contribution in [0.4, 0.5) is 0 Å². The van der Waals surface area contributed by atoms with Gasteiger partial charge in [-0.3, -0.25) is 0 Å². The second kappa shape index (κ2) is 4.10. The van der Waals surface area contributed by atoms with Gasteiger partial charge in [-0.15, -0.1) is 0 Å². The third-order valence-electron chi connectivity index (χ3n) is 4.06. The van der Waals surface area contributed by atoms with Crippen molar-refractivity contribution in [2.75, 3.05) is 13.7 Å². The second-order valence-electron chi connectivity index (χ2n) is 4.88. The zero-order chi connectivity index (χ0) is 11.0. The van der Waals surface area contributed by atoms with E-state index in [0.717, 1.165) is 5.75 Å². The maximum atomic E-state index is 5.53. The summed E-state index contributed by atoms with van der Waals surface area (Å²) in [6, 6.07) is 7.17. The van der Waals surface area contributed by atoms with E-state index in [9.17, 15) is 0 Å². The van der Waals surface area contributed by atoms with Crippen LogP contribution in [-0.2, 0) is 6.42 Å². The van der Waals surface area contributed by atoms with Gasteiger partial charge in [-0.05, 0) is 43.9 Å². The zero-order valence-electron chi connectivity index (χ0n) is 9.83. The first-order chi connectivity index (χ1) is 7.90. The van der Waals surface area contributed by atoms with Gasteiger partial charge in [0.2, 0.25) is 0 Å². The van der Waals surface area contributed by atoms with Crippen molar-refractivity contribution in [1.29, 1.82) is 0 Å². The molecule has 0 bridgehead atoms. The first-order valence-corrected chi connectivity index (χ1v) is 6.29. The van der Waals surface area contributed by atoms with Crippen LogP contribution in [0.15, 0.2) is 18.2 Å². The van der Waals surface area contributed by atoms with Crippen LogP contribution in [0.2, 0.25) is 0 Å². The summed E-state index contributed by atoms with van der Waals surface area (Å²) in [5, 5.41) is 3.66. The van der Waals surface area contributed by atoms with E-state index in [1.54, 1.807) is 7.11 Å². The minimum absolute atomic E-state index is 0.675. The highest BCUT2D eigenvalue weighted by molar-refractivity contribution is 5.45. The number of hydrogen-bond donors (Lipinski definition) is 1. The fourth-order valence-corrected chi connectivity index (χ4v) is 3.32. The number of piperidine rings is 1. The molecule has 1 aliphatic heterocycles. The van der Waals surface area contributed by atoms with Gasteiger partial charge in [0.1, 0.15) is 5.75 Å². The molecule has 2 nitrogen and oxygen atoms in total. The van der Waals surface area contributed by atoms with E-state index in [1.165, 1.54) is 43.4 Å². The van der Waals surface area contributed by atoms with Crippen LogP contribution >= 0.6 is 0 Å². The highest BCUT2D eigenvalue weighted by Crippen LogP contribution is 2.41. The third kappa shape index (κ3) is 1.52. The Kier molecular flexibility index (Phi) is 2.60. The van der Waals surface area contributed by atoms with Gasteiger partial charge in [-0.1, -0.05) is 12.1 Å². The van der Waals surface area contributed by atoms with Crippen LogP contribution < -0.4 is 10.1 Å². The normalized spacial score (nSPS) is 28.1. The molecule has 1 N–H and O–H groups in total. The molecule has 1 heterocycles. The number of aryl methyl sites for hydroxylation is 1. The van der Waals surface area contributed by atoms with Crippen molar-refractivity contribution in [2.45, 2.75) is 37.6 Å². The van der Waals surface area contributed by atoms with Gasteiger partial charge in [-0.25, -0.2) is 0 Å². The average molecular weight is 217 g/mol. The quantitative estimate of drug-likeness (QED) is 0.780. The molecule has 1 aliphatic carbocycles. The molecule has 2 heteroatoms. The molecule has 2 aliphatic rings. The van der Waals surface area contributed by atoms with Crippen LogP contribution in [0.5, 0.6) is 5.75 Å². The molecule has 0 radical (unpaired) electrons. The lowest BCUT2D eigenvalue weighted by Gasteiger charge is -2.38. The molecule has 3 rings (SSSR count). The Morgan fingerprint density at radius 2 is 2.25 bits per heavy atom. The summed E-state index contributed by atoms with van der Waals surface area (Å²) in [6.45, 7) is 1.19. The minimum Gasteiger partial charge on any atom is -0.496 e. The predicted octanol–water partition coefficient (Wildman–Crippen LogP) is 2.48. The van der Waals surface area contributed by atoms with E-state index in [4.69, 9.17) is 4.74 Å². The summed E-state index contributed by atoms with van der Waals surface area (Å²) in [5.74, 6) is 1.77. The second-order valence-corrected chi connectivity index (χ2v) is 4.88. The average Bonchev–Trinajstić information content (AvgIpc) is 2.37. The van der Waals surface area contributed by atoms with Gasteiger partial charge < -0.3 is 10.1 Å². The lowest BCUT2D eigenvalue weighted by molar-refractivity contribution is 0.307. The summed E-state index contributed by atoms with van der Waals surface area (Å²) in [5.41, 5.74) is 2.98. The standard InChI is InChI=1S/C14H19NO/c1-16-13-6-2-4-10-7-8-12-11(14(10)13)5-3-9-15-12/h2,4,6,11-12,15H,3,5,7-9H2,1H3/t11?,12-/m1/s1. The molecule has 0 amide bonds. The molecule has 2 atom stereocenters. The Labute approximate surface area is 97.0 Å². The Bertz CT molecular complexity index is 374. The fraction of sp³-hybridized carbons (Fsp3) is 0.571. The van der Waals surface area contributed by atoms with Gasteiger partial charge in [-0.2, -0.15) is 0 Å². The molecule has 1 saturated heterocycles. The molecule has 0 aromatic heterocycles. The molecule has 86 valence electrons. The molecule has 0 spiro atoms. The highest BCUT2D eigenvalue weighted by atomic mass is 16.5. The summed E-state index contributed by atoms with van der Waals surface area (Å²) in [6.07, 6.45) is 5.08. The lowest BCUT2D eigenvalue weighted by atomic mass is 9.75. The Balaban J connectivity index is 2.05. The Morgan fingerprint density at radius 1 is 1.31 bits per heavy atom. The van der Waals surface area contributed by atoms with Gasteiger partial charge in [0.25, 0.3) is 0 Å². The Morgan fingerprint density at radius 3 is 3.12 bits per heavy atom. The van der Waals surface area contributed by atoms with Crippen LogP contribution in [0.3, 0.4) is 0 Å². The van der Waals surface area contributed by atoms with E-state index in [2.05, 4.69) is 23.5 Å².